The summed E-state index contributed by atoms with van der Waals surface area (Å²) in [6, 6.07) is 8.40. The van der Waals surface area contributed by atoms with Crippen LogP contribution in [-0.4, -0.2) is 22.2 Å². The van der Waals surface area contributed by atoms with Crippen LogP contribution in [0.15, 0.2) is 47.8 Å². The van der Waals surface area contributed by atoms with E-state index in [-0.39, 0.29) is 11.7 Å². The van der Waals surface area contributed by atoms with Crippen LogP contribution < -0.4 is 5.43 Å². The molecule has 0 unspecified atom stereocenters. The molecule has 1 aromatic heterocycles. The fourth-order valence-electron chi connectivity index (χ4n) is 1.49. The van der Waals surface area contributed by atoms with E-state index in [2.05, 4.69) is 15.5 Å². The highest BCUT2D eigenvalue weighted by Crippen LogP contribution is 2.15. The molecule has 2 N–H and O–H groups in total. The fourth-order valence-corrected chi connectivity index (χ4v) is 1.49. The lowest BCUT2D eigenvalue weighted by molar-refractivity contribution is 0.0955. The Morgan fingerprint density at radius 2 is 2.05 bits per heavy atom. The topological polar surface area (TPSA) is 74.6 Å². The van der Waals surface area contributed by atoms with E-state index >= 15 is 0 Å². The smallest absolute Gasteiger partial charge is 0.271 e. The van der Waals surface area contributed by atoms with E-state index in [9.17, 15) is 9.90 Å². The van der Waals surface area contributed by atoms with Gasteiger partial charge in [-0.25, -0.2) is 5.43 Å². The third-order valence-corrected chi connectivity index (χ3v) is 2.50. The maximum absolute atomic E-state index is 11.7. The highest BCUT2D eigenvalue weighted by molar-refractivity contribution is 5.94. The van der Waals surface area contributed by atoms with Gasteiger partial charge in [-0.15, -0.1) is 0 Å². The number of aromatic nitrogens is 1. The minimum atomic E-state index is -0.328. The summed E-state index contributed by atoms with van der Waals surface area (Å²) in [7, 11) is 0. The molecular formula is C14H13N3O2. The molecule has 1 amide bonds. The van der Waals surface area contributed by atoms with Crippen LogP contribution in [0.3, 0.4) is 0 Å². The second kappa shape index (κ2) is 5.77. The molecule has 0 saturated carbocycles. The van der Waals surface area contributed by atoms with Crippen LogP contribution in [0, 0.1) is 6.92 Å². The lowest BCUT2D eigenvalue weighted by atomic mass is 10.1. The average Bonchev–Trinajstić information content (AvgIpc) is 2.42. The maximum atomic E-state index is 11.7. The molecule has 0 fully saturated rings. The van der Waals surface area contributed by atoms with Crippen LogP contribution in [0.1, 0.15) is 21.5 Å². The number of carbonyl (C=O) groups excluding carboxylic acids is 1. The third-order valence-electron chi connectivity index (χ3n) is 2.50. The van der Waals surface area contributed by atoms with E-state index in [1.54, 1.807) is 24.3 Å². The van der Waals surface area contributed by atoms with Gasteiger partial charge in [0.25, 0.3) is 5.91 Å². The number of pyridine rings is 1. The van der Waals surface area contributed by atoms with Crippen LogP contribution in [0.4, 0.5) is 0 Å². The normalized spacial score (nSPS) is 10.6. The summed E-state index contributed by atoms with van der Waals surface area (Å²) < 4.78 is 0. The molecule has 0 aliphatic heterocycles. The number of aryl methyl sites for hydroxylation is 1. The van der Waals surface area contributed by atoms with Gasteiger partial charge in [0.2, 0.25) is 0 Å². The highest BCUT2D eigenvalue weighted by Gasteiger charge is 2.02. The molecule has 0 spiro atoms. The van der Waals surface area contributed by atoms with Crippen molar-refractivity contribution < 1.29 is 9.90 Å². The number of phenols is 1. The van der Waals surface area contributed by atoms with E-state index in [1.165, 1.54) is 18.6 Å². The summed E-state index contributed by atoms with van der Waals surface area (Å²) in [5, 5.41) is 13.5. The summed E-state index contributed by atoms with van der Waals surface area (Å²) in [6.45, 7) is 1.88. The van der Waals surface area contributed by atoms with Crippen molar-refractivity contribution in [3.05, 3.63) is 59.4 Å². The van der Waals surface area contributed by atoms with Crippen molar-refractivity contribution in [2.75, 3.05) is 0 Å². The van der Waals surface area contributed by atoms with Crippen LogP contribution in [0.25, 0.3) is 0 Å². The number of benzene rings is 1. The van der Waals surface area contributed by atoms with Crippen molar-refractivity contribution >= 4 is 12.1 Å². The Hall–Kier alpha value is -2.69. The zero-order chi connectivity index (χ0) is 13.7. The standard InChI is InChI=1S/C14H13N3O2/c1-10-2-3-12(13(18)8-10)9-16-17-14(19)11-4-6-15-7-5-11/h2-9,18H,1H3,(H,17,19)/b16-9+. The van der Waals surface area contributed by atoms with Crippen molar-refractivity contribution in [1.29, 1.82) is 0 Å². The molecule has 2 aromatic rings. The van der Waals surface area contributed by atoms with Gasteiger partial charge in [0.05, 0.1) is 6.21 Å². The summed E-state index contributed by atoms with van der Waals surface area (Å²) in [5.41, 5.74) is 4.35. The molecule has 1 aromatic carbocycles. The van der Waals surface area contributed by atoms with Gasteiger partial charge in [0.15, 0.2) is 0 Å². The fraction of sp³-hybridized carbons (Fsp3) is 0.0714. The maximum Gasteiger partial charge on any atom is 0.271 e. The molecule has 0 bridgehead atoms. The van der Waals surface area contributed by atoms with Crippen molar-refractivity contribution in [2.24, 2.45) is 5.10 Å². The first-order chi connectivity index (χ1) is 9.16. The Balaban J connectivity index is 2.02. The second-order valence-corrected chi connectivity index (χ2v) is 4.00. The molecule has 2 rings (SSSR count). The van der Waals surface area contributed by atoms with E-state index < -0.39 is 0 Å². The van der Waals surface area contributed by atoms with Crippen LogP contribution in [0.2, 0.25) is 0 Å². The highest BCUT2D eigenvalue weighted by atomic mass is 16.3. The number of hydrogen-bond acceptors (Lipinski definition) is 4. The van der Waals surface area contributed by atoms with Crippen molar-refractivity contribution in [2.45, 2.75) is 6.92 Å². The lowest BCUT2D eigenvalue weighted by Gasteiger charge is -2.01. The van der Waals surface area contributed by atoms with Gasteiger partial charge in [0.1, 0.15) is 5.75 Å². The molecule has 0 radical (unpaired) electrons. The molecule has 96 valence electrons. The molecule has 19 heavy (non-hydrogen) atoms. The van der Waals surface area contributed by atoms with Crippen LogP contribution in [-0.2, 0) is 0 Å². The quantitative estimate of drug-likeness (QED) is 0.649. The number of aromatic hydroxyl groups is 1. The monoisotopic (exact) mass is 255 g/mol. The van der Waals surface area contributed by atoms with Gasteiger partial charge >= 0.3 is 0 Å². The molecule has 5 heteroatoms. The Morgan fingerprint density at radius 3 is 2.74 bits per heavy atom. The van der Waals surface area contributed by atoms with Gasteiger partial charge in [-0.3, -0.25) is 9.78 Å². The zero-order valence-electron chi connectivity index (χ0n) is 10.4. The zero-order valence-corrected chi connectivity index (χ0v) is 10.4. The Kier molecular flexibility index (Phi) is 3.87. The predicted molar refractivity (Wildman–Crippen MR) is 72.1 cm³/mol. The first-order valence-corrected chi connectivity index (χ1v) is 5.70. The van der Waals surface area contributed by atoms with Gasteiger partial charge in [-0.05, 0) is 36.8 Å². The SMILES string of the molecule is Cc1ccc(/C=N/NC(=O)c2ccncc2)c(O)c1. The largest absolute Gasteiger partial charge is 0.507 e. The first kappa shape index (κ1) is 12.8. The van der Waals surface area contributed by atoms with E-state index in [4.69, 9.17) is 0 Å². The number of hydrazone groups is 1. The van der Waals surface area contributed by atoms with E-state index in [0.29, 0.717) is 11.1 Å². The van der Waals surface area contributed by atoms with Gasteiger partial charge in [-0.1, -0.05) is 6.07 Å². The minimum Gasteiger partial charge on any atom is -0.507 e. The number of hydrogen-bond donors (Lipinski definition) is 2. The van der Waals surface area contributed by atoms with E-state index in [0.717, 1.165) is 5.56 Å². The summed E-state index contributed by atoms with van der Waals surface area (Å²) in [6.07, 6.45) is 4.46. The second-order valence-electron chi connectivity index (χ2n) is 4.00. The Bertz CT molecular complexity index is 609. The number of carbonyl (C=O) groups is 1. The molecule has 5 nitrogen and oxygen atoms in total. The lowest BCUT2D eigenvalue weighted by Crippen LogP contribution is -2.17. The number of nitrogens with one attached hydrogen (secondary N) is 1. The molecular weight excluding hydrogens is 242 g/mol. The average molecular weight is 255 g/mol. The van der Waals surface area contributed by atoms with Crippen molar-refractivity contribution in [3.63, 3.8) is 0 Å². The third kappa shape index (κ3) is 3.38. The van der Waals surface area contributed by atoms with Crippen molar-refractivity contribution in [3.8, 4) is 5.75 Å². The number of amides is 1. The van der Waals surface area contributed by atoms with Gasteiger partial charge < -0.3 is 5.11 Å². The summed E-state index contributed by atoms with van der Waals surface area (Å²) in [4.78, 5) is 15.5. The number of nitrogens with zero attached hydrogens (tertiary/aromatic N) is 2. The van der Waals surface area contributed by atoms with Gasteiger partial charge in [-0.2, -0.15) is 5.10 Å². The molecule has 0 aliphatic rings. The van der Waals surface area contributed by atoms with E-state index in [1.807, 2.05) is 13.0 Å². The summed E-state index contributed by atoms with van der Waals surface area (Å²) >= 11 is 0. The van der Waals surface area contributed by atoms with Crippen LogP contribution >= 0.6 is 0 Å². The molecule has 1 heterocycles. The minimum absolute atomic E-state index is 0.127. The Labute approximate surface area is 110 Å². The van der Waals surface area contributed by atoms with Gasteiger partial charge in [0, 0.05) is 23.5 Å². The molecule has 0 atom stereocenters. The predicted octanol–water partition coefficient (Wildman–Crippen LogP) is 1.86. The number of rotatable bonds is 3. The first-order valence-electron chi connectivity index (χ1n) is 5.70. The summed E-state index contributed by atoms with van der Waals surface area (Å²) in [5.74, 6) is -0.202. The number of phenolic OH excluding ortho intramolecular Hbond substituents is 1. The molecule has 0 aliphatic carbocycles. The Morgan fingerprint density at radius 1 is 1.32 bits per heavy atom. The molecule has 0 saturated heterocycles. The van der Waals surface area contributed by atoms with Crippen LogP contribution in [0.5, 0.6) is 5.75 Å². The van der Waals surface area contributed by atoms with Crippen molar-refractivity contribution in [1.82, 2.24) is 10.4 Å².